The minimum absolute atomic E-state index is 0.0110. The van der Waals surface area contributed by atoms with Crippen LogP contribution in [0.2, 0.25) is 0 Å². The molecule has 1 N–H and O–H groups in total. The summed E-state index contributed by atoms with van der Waals surface area (Å²) in [6.45, 7) is 9.43. The highest BCUT2D eigenvalue weighted by Crippen LogP contribution is 2.17. The molecular formula is C24H38N2O12. The van der Waals surface area contributed by atoms with E-state index in [4.69, 9.17) is 37.9 Å². The fourth-order valence-electron chi connectivity index (χ4n) is 2.47. The number of alkyl carbamates (subject to hydrolysis) is 1. The fourth-order valence-corrected chi connectivity index (χ4v) is 2.47. The molecule has 216 valence electrons. The monoisotopic (exact) mass is 546 g/mol. The Morgan fingerprint density at radius 1 is 0.763 bits per heavy atom. The van der Waals surface area contributed by atoms with Crippen LogP contribution in [-0.4, -0.2) is 102 Å². The van der Waals surface area contributed by atoms with Gasteiger partial charge in [-0.1, -0.05) is 0 Å². The zero-order valence-corrected chi connectivity index (χ0v) is 22.1. The van der Waals surface area contributed by atoms with Gasteiger partial charge in [0.25, 0.3) is 5.69 Å². The molecular weight excluding hydrogens is 508 g/mol. The summed E-state index contributed by atoms with van der Waals surface area (Å²) in [6.07, 6.45) is -1.40. The molecule has 14 heteroatoms. The maximum Gasteiger partial charge on any atom is 0.513 e. The van der Waals surface area contributed by atoms with Crippen LogP contribution >= 0.6 is 0 Å². The summed E-state index contributed by atoms with van der Waals surface area (Å²) in [5, 5.41) is 13.2. The summed E-state index contributed by atoms with van der Waals surface area (Å²) in [4.78, 5) is 33.0. The van der Waals surface area contributed by atoms with Crippen LogP contribution in [0.1, 0.15) is 20.8 Å². The van der Waals surface area contributed by atoms with Gasteiger partial charge in [0.15, 0.2) is 0 Å². The van der Waals surface area contributed by atoms with Crippen LogP contribution in [0, 0.1) is 10.1 Å². The zero-order valence-electron chi connectivity index (χ0n) is 22.1. The fraction of sp³-hybridized carbons (Fsp3) is 0.667. The van der Waals surface area contributed by atoms with E-state index in [0.717, 1.165) is 0 Å². The number of nitro benzene ring substituents is 1. The number of hydrogen-bond acceptors (Lipinski definition) is 12. The van der Waals surface area contributed by atoms with Crippen molar-refractivity contribution in [2.45, 2.75) is 26.4 Å². The van der Waals surface area contributed by atoms with E-state index in [0.29, 0.717) is 66.0 Å². The first-order valence-corrected chi connectivity index (χ1v) is 12.1. The molecule has 0 heterocycles. The Hall–Kier alpha value is -3.04. The second kappa shape index (κ2) is 20.0. The van der Waals surface area contributed by atoms with Gasteiger partial charge >= 0.3 is 12.2 Å². The number of rotatable bonds is 20. The highest BCUT2D eigenvalue weighted by molar-refractivity contribution is 5.67. The number of carbonyl (C=O) groups excluding carboxylic acids is 2. The van der Waals surface area contributed by atoms with Gasteiger partial charge in [-0.3, -0.25) is 10.1 Å². The van der Waals surface area contributed by atoms with Crippen molar-refractivity contribution in [1.29, 1.82) is 0 Å². The molecule has 0 saturated heterocycles. The molecule has 14 nitrogen and oxygen atoms in total. The molecule has 0 aromatic heterocycles. The van der Waals surface area contributed by atoms with Crippen LogP contribution in [0.15, 0.2) is 24.3 Å². The maximum absolute atomic E-state index is 11.6. The Bertz CT molecular complexity index is 799. The van der Waals surface area contributed by atoms with Crippen molar-refractivity contribution in [1.82, 2.24) is 5.32 Å². The Morgan fingerprint density at radius 2 is 1.21 bits per heavy atom. The third-order valence-corrected chi connectivity index (χ3v) is 4.10. The van der Waals surface area contributed by atoms with Crippen LogP contribution in [0.4, 0.5) is 15.3 Å². The molecule has 1 amide bonds. The Labute approximate surface area is 221 Å². The van der Waals surface area contributed by atoms with Gasteiger partial charge in [0.05, 0.1) is 71.0 Å². The van der Waals surface area contributed by atoms with Crippen molar-refractivity contribution in [3.8, 4) is 5.75 Å². The first kappa shape index (κ1) is 33.0. The lowest BCUT2D eigenvalue weighted by Gasteiger charge is -2.19. The van der Waals surface area contributed by atoms with Crippen LogP contribution in [-0.2, 0) is 33.2 Å². The molecule has 1 aromatic rings. The second-order valence-corrected chi connectivity index (χ2v) is 8.44. The number of nitrogens with one attached hydrogen (secondary N) is 1. The summed E-state index contributed by atoms with van der Waals surface area (Å²) in [6, 6.07) is 5.05. The second-order valence-electron chi connectivity index (χ2n) is 8.44. The lowest BCUT2D eigenvalue weighted by molar-refractivity contribution is -0.384. The molecule has 1 aromatic carbocycles. The van der Waals surface area contributed by atoms with Gasteiger partial charge < -0.3 is 43.2 Å². The first-order valence-electron chi connectivity index (χ1n) is 12.1. The summed E-state index contributed by atoms with van der Waals surface area (Å²) in [5.41, 5.74) is -0.635. The number of benzene rings is 1. The van der Waals surface area contributed by atoms with Gasteiger partial charge in [0.1, 0.15) is 18.0 Å². The molecule has 1 rings (SSSR count). The van der Waals surface area contributed by atoms with Gasteiger partial charge in [0.2, 0.25) is 0 Å². The number of non-ortho nitro benzene ring substituents is 1. The van der Waals surface area contributed by atoms with Crippen LogP contribution in [0.25, 0.3) is 0 Å². The van der Waals surface area contributed by atoms with E-state index in [2.05, 4.69) is 5.32 Å². The molecule has 0 aliphatic carbocycles. The molecule has 0 aliphatic rings. The number of carbonyl (C=O) groups is 2. The standard InChI is InChI=1S/C24H38N2O12/c1-24(2,3)38-22(27)25-8-9-31-10-11-32-12-13-33-14-15-34-16-17-35-18-19-36-23(28)37-21-6-4-20(5-7-21)26(29)30/h4-7H,8-19H2,1-3H3,(H,25,27). The molecule has 0 spiro atoms. The van der Waals surface area contributed by atoms with E-state index in [9.17, 15) is 19.7 Å². The van der Waals surface area contributed by atoms with Crippen molar-refractivity contribution in [2.24, 2.45) is 0 Å². The minimum atomic E-state index is -0.931. The van der Waals surface area contributed by atoms with Crippen LogP contribution in [0.5, 0.6) is 5.75 Å². The van der Waals surface area contributed by atoms with E-state index < -0.39 is 22.8 Å². The van der Waals surface area contributed by atoms with Crippen LogP contribution in [0.3, 0.4) is 0 Å². The van der Waals surface area contributed by atoms with Crippen molar-refractivity contribution < 1.29 is 52.4 Å². The van der Waals surface area contributed by atoms with Gasteiger partial charge in [-0.05, 0) is 32.9 Å². The summed E-state index contributed by atoms with van der Waals surface area (Å²) in [7, 11) is 0. The molecule has 38 heavy (non-hydrogen) atoms. The number of nitrogens with zero attached hydrogens (tertiary/aromatic N) is 1. The van der Waals surface area contributed by atoms with Crippen LogP contribution < -0.4 is 10.1 Å². The Kier molecular flexibility index (Phi) is 17.4. The van der Waals surface area contributed by atoms with Gasteiger partial charge in [0, 0.05) is 18.7 Å². The molecule has 0 unspecified atom stereocenters. The third-order valence-electron chi connectivity index (χ3n) is 4.10. The Balaban J connectivity index is 1.80. The lowest BCUT2D eigenvalue weighted by atomic mass is 10.2. The smallest absolute Gasteiger partial charge is 0.444 e. The van der Waals surface area contributed by atoms with Gasteiger partial charge in [-0.15, -0.1) is 0 Å². The van der Waals surface area contributed by atoms with E-state index >= 15 is 0 Å². The Morgan fingerprint density at radius 3 is 1.66 bits per heavy atom. The zero-order chi connectivity index (χ0) is 28.1. The van der Waals surface area contributed by atoms with Crippen molar-refractivity contribution in [3.05, 3.63) is 34.4 Å². The quantitative estimate of drug-likeness (QED) is 0.0837. The number of amides is 1. The summed E-state index contributed by atoms with van der Waals surface area (Å²) >= 11 is 0. The minimum Gasteiger partial charge on any atom is -0.444 e. The molecule has 0 saturated carbocycles. The van der Waals surface area contributed by atoms with Crippen molar-refractivity contribution in [2.75, 3.05) is 79.2 Å². The molecule has 0 bridgehead atoms. The van der Waals surface area contributed by atoms with E-state index in [-0.39, 0.29) is 24.7 Å². The van der Waals surface area contributed by atoms with E-state index in [1.54, 1.807) is 20.8 Å². The SMILES string of the molecule is CC(C)(C)OC(=O)NCCOCCOCCOCCOCCOCCOC(=O)Oc1ccc([N+](=O)[O-])cc1. The highest BCUT2D eigenvalue weighted by Gasteiger charge is 2.15. The summed E-state index contributed by atoms with van der Waals surface area (Å²) in [5.74, 6) is 0.138. The van der Waals surface area contributed by atoms with Crippen molar-refractivity contribution in [3.63, 3.8) is 0 Å². The predicted octanol–water partition coefficient (Wildman–Crippen LogP) is 2.72. The van der Waals surface area contributed by atoms with E-state index in [1.165, 1.54) is 24.3 Å². The number of nitro groups is 1. The molecule has 0 aliphatic heterocycles. The number of hydrogen-bond donors (Lipinski definition) is 1. The first-order chi connectivity index (χ1) is 18.2. The highest BCUT2D eigenvalue weighted by atomic mass is 16.7. The molecule has 0 fully saturated rings. The van der Waals surface area contributed by atoms with Gasteiger partial charge in [-0.2, -0.15) is 0 Å². The average molecular weight is 547 g/mol. The normalized spacial score (nSPS) is 11.1. The molecule has 0 radical (unpaired) electrons. The van der Waals surface area contributed by atoms with Gasteiger partial charge in [-0.25, -0.2) is 9.59 Å². The molecule has 0 atom stereocenters. The predicted molar refractivity (Wildman–Crippen MR) is 133 cm³/mol. The average Bonchev–Trinajstić information content (AvgIpc) is 2.84. The number of ether oxygens (including phenoxy) is 8. The summed E-state index contributed by atoms with van der Waals surface area (Å²) < 4.78 is 41.6. The van der Waals surface area contributed by atoms with E-state index in [1.807, 2.05) is 0 Å². The third kappa shape index (κ3) is 19.1. The largest absolute Gasteiger partial charge is 0.513 e. The van der Waals surface area contributed by atoms with Crippen molar-refractivity contribution >= 4 is 17.9 Å². The lowest BCUT2D eigenvalue weighted by Crippen LogP contribution is -2.34. The topological polar surface area (TPSA) is 163 Å². The maximum atomic E-state index is 11.6.